The van der Waals surface area contributed by atoms with Gasteiger partial charge in [0, 0.05) is 21.9 Å². The van der Waals surface area contributed by atoms with Gasteiger partial charge in [-0.05, 0) is 79.3 Å². The molecule has 4 aromatic rings. The van der Waals surface area contributed by atoms with Crippen molar-refractivity contribution in [2.75, 3.05) is 12.0 Å². The Bertz CT molecular complexity index is 1360. The van der Waals surface area contributed by atoms with Crippen molar-refractivity contribution in [1.29, 1.82) is 0 Å². The summed E-state index contributed by atoms with van der Waals surface area (Å²) < 4.78 is 12.8. The van der Waals surface area contributed by atoms with E-state index in [1.165, 1.54) is 5.56 Å². The third-order valence-electron chi connectivity index (χ3n) is 5.82. The molecule has 0 radical (unpaired) electrons. The highest BCUT2D eigenvalue weighted by atomic mass is 79.9. The lowest BCUT2D eigenvalue weighted by molar-refractivity contribution is 0.415. The number of aromatic nitrogens is 1. The van der Waals surface area contributed by atoms with Crippen LogP contribution in [0.1, 0.15) is 29.1 Å². The summed E-state index contributed by atoms with van der Waals surface area (Å²) in [6.07, 6.45) is 1.78. The van der Waals surface area contributed by atoms with E-state index in [-0.39, 0.29) is 12.1 Å². The highest BCUT2D eigenvalue weighted by Gasteiger charge is 2.42. The summed E-state index contributed by atoms with van der Waals surface area (Å²) in [5, 5.41) is 4.51. The van der Waals surface area contributed by atoms with Gasteiger partial charge in [-0.1, -0.05) is 39.7 Å². The van der Waals surface area contributed by atoms with Crippen LogP contribution in [0.15, 0.2) is 81.8 Å². The monoisotopic (exact) mass is 553 g/mol. The van der Waals surface area contributed by atoms with E-state index in [2.05, 4.69) is 51.4 Å². The fourth-order valence-corrected chi connectivity index (χ4v) is 5.49. The van der Waals surface area contributed by atoms with Crippen LogP contribution in [0, 0.1) is 6.92 Å². The third kappa shape index (κ3) is 4.19. The van der Waals surface area contributed by atoms with Gasteiger partial charge in [0.15, 0.2) is 5.11 Å². The van der Waals surface area contributed by atoms with Crippen LogP contribution in [0.4, 0.5) is 5.69 Å². The fraction of sp³-hybridized carbons (Fsp3) is 0.154. The number of nitrogens with zero attached hydrogens (tertiary/aromatic N) is 2. The summed E-state index contributed by atoms with van der Waals surface area (Å²) in [7, 11) is 1.59. The van der Waals surface area contributed by atoms with Crippen LogP contribution in [0.5, 0.6) is 5.75 Å². The van der Waals surface area contributed by atoms with Crippen molar-refractivity contribution in [3.63, 3.8) is 0 Å². The van der Waals surface area contributed by atoms with Crippen molar-refractivity contribution >= 4 is 50.5 Å². The topological polar surface area (TPSA) is 50.5 Å². The molecule has 34 heavy (non-hydrogen) atoms. The van der Waals surface area contributed by atoms with E-state index in [0.29, 0.717) is 15.9 Å². The van der Waals surface area contributed by atoms with Gasteiger partial charge in [0.05, 0.1) is 23.9 Å². The Balaban J connectivity index is 1.61. The van der Waals surface area contributed by atoms with E-state index < -0.39 is 0 Å². The zero-order valence-electron chi connectivity index (χ0n) is 18.5. The van der Waals surface area contributed by atoms with E-state index in [0.717, 1.165) is 32.9 Å². The molecule has 0 saturated carbocycles. The standard InChI is InChI=1S/C26H21BrClN3O2S/c1-15-6-8-17(18(27)13-15)21-10-11-23(33-21)25-24(20-5-3-4-12-29-20)30-26(34)31(25)16-7-9-22(32-2)19(28)14-16/h3-14,24-25H,1-2H3,(H,30,34). The molecule has 0 bridgehead atoms. The Kier molecular flexibility index (Phi) is 6.34. The molecule has 2 unspecified atom stereocenters. The van der Waals surface area contributed by atoms with Crippen molar-refractivity contribution in [1.82, 2.24) is 10.3 Å². The molecule has 0 aliphatic carbocycles. The van der Waals surface area contributed by atoms with Gasteiger partial charge in [-0.25, -0.2) is 0 Å². The molecule has 2 aromatic carbocycles. The molecule has 3 heterocycles. The molecule has 2 aromatic heterocycles. The third-order valence-corrected chi connectivity index (χ3v) is 7.09. The number of thiocarbonyl (C=S) groups is 1. The van der Waals surface area contributed by atoms with E-state index in [1.54, 1.807) is 13.3 Å². The smallest absolute Gasteiger partial charge is 0.174 e. The SMILES string of the molecule is COc1ccc(N2C(=S)NC(c3ccccn3)C2c2ccc(-c3ccc(C)cc3Br)o2)cc1Cl. The number of hydrogen-bond donors (Lipinski definition) is 1. The lowest BCUT2D eigenvalue weighted by atomic mass is 10.0. The Hall–Kier alpha value is -2.87. The molecule has 8 heteroatoms. The molecule has 5 rings (SSSR count). The van der Waals surface area contributed by atoms with Crippen molar-refractivity contribution in [3.8, 4) is 17.1 Å². The second-order valence-electron chi connectivity index (χ2n) is 8.00. The quantitative estimate of drug-likeness (QED) is 0.262. The average molecular weight is 555 g/mol. The number of furan rings is 1. The Labute approximate surface area is 216 Å². The predicted molar refractivity (Wildman–Crippen MR) is 143 cm³/mol. The van der Waals surface area contributed by atoms with Crippen LogP contribution < -0.4 is 15.0 Å². The van der Waals surface area contributed by atoms with Gasteiger partial charge in [0.25, 0.3) is 0 Å². The molecule has 172 valence electrons. The zero-order chi connectivity index (χ0) is 23.8. The molecule has 0 amide bonds. The minimum atomic E-state index is -0.273. The zero-order valence-corrected chi connectivity index (χ0v) is 21.6. The lowest BCUT2D eigenvalue weighted by Gasteiger charge is -2.26. The molecule has 5 nitrogen and oxygen atoms in total. The number of ether oxygens (including phenoxy) is 1. The van der Waals surface area contributed by atoms with Gasteiger partial charge in [-0.3, -0.25) is 4.98 Å². The Morgan fingerprint density at radius 3 is 2.68 bits per heavy atom. The number of halogens is 2. The van der Waals surface area contributed by atoms with Gasteiger partial charge < -0.3 is 19.4 Å². The molecular formula is C26H21BrClN3O2S. The van der Waals surface area contributed by atoms with Gasteiger partial charge in [-0.15, -0.1) is 0 Å². The number of anilines is 1. The number of nitrogens with one attached hydrogen (secondary N) is 1. The molecule has 2 atom stereocenters. The molecule has 1 aliphatic rings. The molecular weight excluding hydrogens is 534 g/mol. The van der Waals surface area contributed by atoms with Crippen LogP contribution in [-0.4, -0.2) is 17.2 Å². The van der Waals surface area contributed by atoms with Gasteiger partial charge >= 0.3 is 0 Å². The van der Waals surface area contributed by atoms with Crippen LogP contribution in [0.2, 0.25) is 5.02 Å². The Morgan fingerprint density at radius 1 is 1.12 bits per heavy atom. The minimum Gasteiger partial charge on any atom is -0.495 e. The first-order chi connectivity index (χ1) is 16.5. The molecule has 1 N–H and O–H groups in total. The number of benzene rings is 2. The number of rotatable bonds is 5. The van der Waals surface area contributed by atoms with Crippen molar-refractivity contribution in [2.24, 2.45) is 0 Å². The van der Waals surface area contributed by atoms with Gasteiger partial charge in [-0.2, -0.15) is 0 Å². The van der Waals surface area contributed by atoms with Crippen molar-refractivity contribution in [3.05, 3.63) is 99.4 Å². The van der Waals surface area contributed by atoms with E-state index in [1.807, 2.05) is 53.4 Å². The first-order valence-corrected chi connectivity index (χ1v) is 12.2. The molecule has 1 aliphatic heterocycles. The Morgan fingerprint density at radius 2 is 1.97 bits per heavy atom. The lowest BCUT2D eigenvalue weighted by Crippen LogP contribution is -2.29. The second kappa shape index (κ2) is 9.41. The maximum atomic E-state index is 6.46. The van der Waals surface area contributed by atoms with Gasteiger partial charge in [0.2, 0.25) is 0 Å². The maximum Gasteiger partial charge on any atom is 0.174 e. The number of methoxy groups -OCH3 is 1. The highest BCUT2D eigenvalue weighted by molar-refractivity contribution is 9.10. The maximum absolute atomic E-state index is 6.46. The van der Waals surface area contributed by atoms with Crippen LogP contribution in [-0.2, 0) is 0 Å². The van der Waals surface area contributed by atoms with Crippen LogP contribution in [0.3, 0.4) is 0 Å². The van der Waals surface area contributed by atoms with Crippen LogP contribution in [0.25, 0.3) is 11.3 Å². The number of hydrogen-bond acceptors (Lipinski definition) is 4. The minimum absolute atomic E-state index is 0.213. The highest BCUT2D eigenvalue weighted by Crippen LogP contribution is 2.44. The number of pyridine rings is 1. The second-order valence-corrected chi connectivity index (χ2v) is 9.65. The molecule has 1 saturated heterocycles. The molecule has 0 spiro atoms. The largest absolute Gasteiger partial charge is 0.495 e. The summed E-state index contributed by atoms with van der Waals surface area (Å²) in [5.41, 5.74) is 3.86. The number of aryl methyl sites for hydroxylation is 1. The van der Waals surface area contributed by atoms with Crippen molar-refractivity contribution in [2.45, 2.75) is 19.0 Å². The summed E-state index contributed by atoms with van der Waals surface area (Å²) in [6, 6.07) is 21.2. The van der Waals surface area contributed by atoms with Crippen molar-refractivity contribution < 1.29 is 9.15 Å². The predicted octanol–water partition coefficient (Wildman–Crippen LogP) is 7.25. The van der Waals surface area contributed by atoms with E-state index in [4.69, 9.17) is 33.0 Å². The average Bonchev–Trinajstić information content (AvgIpc) is 3.44. The molecule has 1 fully saturated rings. The first kappa shape index (κ1) is 22.9. The summed E-state index contributed by atoms with van der Waals surface area (Å²) in [4.78, 5) is 6.61. The summed E-state index contributed by atoms with van der Waals surface area (Å²) in [5.74, 6) is 2.13. The van der Waals surface area contributed by atoms with Gasteiger partial charge in [0.1, 0.15) is 23.3 Å². The van der Waals surface area contributed by atoms with Crippen LogP contribution >= 0.6 is 39.7 Å². The first-order valence-electron chi connectivity index (χ1n) is 10.7. The summed E-state index contributed by atoms with van der Waals surface area (Å²) in [6.45, 7) is 2.06. The fourth-order valence-electron chi connectivity index (χ4n) is 4.20. The summed E-state index contributed by atoms with van der Waals surface area (Å²) >= 11 is 15.9. The van der Waals surface area contributed by atoms with E-state index >= 15 is 0 Å². The van der Waals surface area contributed by atoms with E-state index in [9.17, 15) is 0 Å². The normalized spacial score (nSPS) is 17.6.